The summed E-state index contributed by atoms with van der Waals surface area (Å²) < 4.78 is 5.79. The molecule has 9 rings (SSSR count). The highest BCUT2D eigenvalue weighted by atomic mass is 79.9. The largest absolute Gasteiger partial charge is 0.309 e. The molecule has 0 bridgehead atoms. The quantitative estimate of drug-likeness (QED) is 0.181. The second kappa shape index (κ2) is 10.4. The average molecular weight is 640 g/mol. The van der Waals surface area contributed by atoms with E-state index in [0.29, 0.717) is 0 Å². The monoisotopic (exact) mass is 638 g/mol. The van der Waals surface area contributed by atoms with Crippen LogP contribution in [0.25, 0.3) is 77.2 Å². The number of rotatable bonds is 4. The minimum atomic E-state index is 1.06. The third-order valence-electron chi connectivity index (χ3n) is 8.94. The van der Waals surface area contributed by atoms with Crippen LogP contribution in [0.5, 0.6) is 0 Å². The smallest absolute Gasteiger partial charge is 0.0541 e. The van der Waals surface area contributed by atoms with Crippen molar-refractivity contribution in [3.8, 4) is 33.6 Å². The van der Waals surface area contributed by atoms with Crippen LogP contribution in [0.4, 0.5) is 0 Å². The van der Waals surface area contributed by atoms with Crippen LogP contribution in [0.1, 0.15) is 0 Å². The topological polar surface area (TPSA) is 9.86 Å². The molecule has 7 aromatic carbocycles. The van der Waals surface area contributed by atoms with Crippen LogP contribution in [-0.2, 0) is 0 Å². The molecular formula is C42H27BrN2. The number of hydrogen-bond donors (Lipinski definition) is 0. The predicted molar refractivity (Wildman–Crippen MR) is 194 cm³/mol. The number of hydrogen-bond acceptors (Lipinski definition) is 0. The van der Waals surface area contributed by atoms with Crippen molar-refractivity contribution in [1.82, 2.24) is 9.13 Å². The van der Waals surface area contributed by atoms with Crippen LogP contribution in [0.15, 0.2) is 168 Å². The molecule has 0 fully saturated rings. The van der Waals surface area contributed by atoms with Crippen LogP contribution in [-0.4, -0.2) is 9.13 Å². The lowest BCUT2D eigenvalue weighted by Crippen LogP contribution is -1.93. The summed E-state index contributed by atoms with van der Waals surface area (Å²) in [5.74, 6) is 0. The number of fused-ring (bicyclic) bond motifs is 6. The lowest BCUT2D eigenvalue weighted by molar-refractivity contribution is 1.18. The van der Waals surface area contributed by atoms with E-state index < -0.39 is 0 Å². The first-order valence-corrected chi connectivity index (χ1v) is 16.0. The fourth-order valence-electron chi connectivity index (χ4n) is 6.94. The second-order valence-electron chi connectivity index (χ2n) is 11.6. The minimum Gasteiger partial charge on any atom is -0.309 e. The van der Waals surface area contributed by atoms with Crippen molar-refractivity contribution in [3.05, 3.63) is 168 Å². The summed E-state index contributed by atoms with van der Waals surface area (Å²) in [6.07, 6.45) is 0. The van der Waals surface area contributed by atoms with Crippen LogP contribution in [0.3, 0.4) is 0 Å². The molecule has 2 nitrogen and oxygen atoms in total. The molecule has 0 aliphatic carbocycles. The Kier molecular flexibility index (Phi) is 6.00. The van der Waals surface area contributed by atoms with Gasteiger partial charge in [0.25, 0.3) is 0 Å². The van der Waals surface area contributed by atoms with Crippen LogP contribution in [0, 0.1) is 0 Å². The van der Waals surface area contributed by atoms with E-state index in [-0.39, 0.29) is 0 Å². The first kappa shape index (κ1) is 26.1. The molecule has 0 atom stereocenters. The van der Waals surface area contributed by atoms with E-state index >= 15 is 0 Å². The summed E-state index contributed by atoms with van der Waals surface area (Å²) in [7, 11) is 0. The molecule has 0 saturated heterocycles. The minimum absolute atomic E-state index is 1.06. The predicted octanol–water partition coefficient (Wildman–Crippen LogP) is 12.0. The molecule has 0 amide bonds. The normalized spacial score (nSPS) is 11.7. The fourth-order valence-corrected chi connectivity index (χ4v) is 7.43. The first-order valence-electron chi connectivity index (χ1n) is 15.2. The lowest BCUT2D eigenvalue weighted by Gasteiger charge is -2.11. The van der Waals surface area contributed by atoms with Gasteiger partial charge < -0.3 is 9.13 Å². The Balaban J connectivity index is 1.20. The number of halogens is 1. The van der Waals surface area contributed by atoms with Crippen LogP contribution in [0.2, 0.25) is 0 Å². The molecule has 0 aliphatic rings. The molecule has 0 spiro atoms. The summed E-state index contributed by atoms with van der Waals surface area (Å²) in [5, 5.41) is 5.02. The van der Waals surface area contributed by atoms with Gasteiger partial charge in [-0.1, -0.05) is 101 Å². The number of aromatic nitrogens is 2. The molecule has 0 aliphatic heterocycles. The van der Waals surface area contributed by atoms with Gasteiger partial charge in [0.1, 0.15) is 0 Å². The highest BCUT2D eigenvalue weighted by molar-refractivity contribution is 9.10. The van der Waals surface area contributed by atoms with E-state index in [1.54, 1.807) is 0 Å². The second-order valence-corrected chi connectivity index (χ2v) is 12.5. The molecule has 0 N–H and O–H groups in total. The van der Waals surface area contributed by atoms with Gasteiger partial charge in [0.15, 0.2) is 0 Å². The zero-order chi connectivity index (χ0) is 29.9. The van der Waals surface area contributed by atoms with Gasteiger partial charge in [0.05, 0.1) is 22.1 Å². The van der Waals surface area contributed by atoms with Gasteiger partial charge in [-0.3, -0.25) is 0 Å². The summed E-state index contributed by atoms with van der Waals surface area (Å²) in [4.78, 5) is 0. The molecule has 3 heteroatoms. The molecule has 45 heavy (non-hydrogen) atoms. The zero-order valence-electron chi connectivity index (χ0n) is 24.4. The SMILES string of the molecule is Brc1cc(-c2ccc3c(c2)c2ccccc2n3-c2ccccc2)cc(-c2ccc3c(c2)c2ccccc2n3-c2ccccc2)c1. The van der Waals surface area contributed by atoms with Crippen molar-refractivity contribution >= 4 is 59.5 Å². The molecule has 0 unspecified atom stereocenters. The van der Waals surface area contributed by atoms with E-state index in [1.165, 1.54) is 77.2 Å². The van der Waals surface area contributed by atoms with Crippen LogP contribution >= 0.6 is 15.9 Å². The molecule has 9 aromatic rings. The van der Waals surface area contributed by atoms with Gasteiger partial charge in [-0.2, -0.15) is 0 Å². The summed E-state index contributed by atoms with van der Waals surface area (Å²) >= 11 is 3.85. The Morgan fingerprint density at radius 3 is 1.18 bits per heavy atom. The van der Waals surface area contributed by atoms with Gasteiger partial charge in [-0.25, -0.2) is 0 Å². The Labute approximate surface area is 269 Å². The molecule has 2 heterocycles. The van der Waals surface area contributed by atoms with Gasteiger partial charge in [-0.15, -0.1) is 0 Å². The van der Waals surface area contributed by atoms with Gasteiger partial charge in [0.2, 0.25) is 0 Å². The highest BCUT2D eigenvalue weighted by Crippen LogP contribution is 2.39. The number of benzene rings is 7. The average Bonchev–Trinajstić information content (AvgIpc) is 3.61. The number of para-hydroxylation sites is 4. The highest BCUT2D eigenvalue weighted by Gasteiger charge is 2.15. The maximum atomic E-state index is 3.85. The standard InChI is InChI=1S/C42H27BrN2/c43-32-24-30(28-19-21-41-37(26-28)35-15-7-9-17-39(35)44(41)33-11-3-1-4-12-33)23-31(25-32)29-20-22-42-38(27-29)36-16-8-10-18-40(36)45(42)34-13-5-2-6-14-34/h1-27H. The summed E-state index contributed by atoms with van der Waals surface area (Å²) in [5.41, 5.74) is 12.0. The molecular weight excluding hydrogens is 612 g/mol. The zero-order valence-corrected chi connectivity index (χ0v) is 25.9. The van der Waals surface area contributed by atoms with E-state index in [1.807, 2.05) is 0 Å². The van der Waals surface area contributed by atoms with E-state index in [4.69, 9.17) is 0 Å². The van der Waals surface area contributed by atoms with Crippen molar-refractivity contribution in [2.24, 2.45) is 0 Å². The van der Waals surface area contributed by atoms with Crippen LogP contribution < -0.4 is 0 Å². The van der Waals surface area contributed by atoms with E-state index in [2.05, 4.69) is 189 Å². The van der Waals surface area contributed by atoms with Gasteiger partial charge in [0, 0.05) is 37.4 Å². The Bertz CT molecular complexity index is 2360. The maximum Gasteiger partial charge on any atom is 0.0541 e. The lowest BCUT2D eigenvalue weighted by atomic mass is 9.97. The third kappa shape index (κ3) is 4.23. The number of nitrogens with zero attached hydrogens (tertiary/aromatic N) is 2. The van der Waals surface area contributed by atoms with Crippen molar-refractivity contribution < 1.29 is 0 Å². The molecule has 0 radical (unpaired) electrons. The molecule has 2 aromatic heterocycles. The molecule has 212 valence electrons. The Morgan fingerprint density at radius 2 is 0.711 bits per heavy atom. The summed E-state index contributed by atoms with van der Waals surface area (Å²) in [6.45, 7) is 0. The Morgan fingerprint density at radius 1 is 0.311 bits per heavy atom. The Hall–Kier alpha value is -5.38. The van der Waals surface area contributed by atoms with Crippen molar-refractivity contribution in [2.45, 2.75) is 0 Å². The van der Waals surface area contributed by atoms with Gasteiger partial charge in [-0.05, 0) is 101 Å². The van der Waals surface area contributed by atoms with Crippen molar-refractivity contribution in [1.29, 1.82) is 0 Å². The summed E-state index contributed by atoms with van der Waals surface area (Å²) in [6, 6.07) is 59.1. The third-order valence-corrected chi connectivity index (χ3v) is 9.40. The fraction of sp³-hybridized carbons (Fsp3) is 0. The van der Waals surface area contributed by atoms with E-state index in [9.17, 15) is 0 Å². The molecule has 0 saturated carbocycles. The van der Waals surface area contributed by atoms with E-state index in [0.717, 1.165) is 4.47 Å². The van der Waals surface area contributed by atoms with Crippen molar-refractivity contribution in [2.75, 3.05) is 0 Å². The van der Waals surface area contributed by atoms with Crippen molar-refractivity contribution in [3.63, 3.8) is 0 Å². The first-order chi connectivity index (χ1) is 22.2. The van der Waals surface area contributed by atoms with Gasteiger partial charge >= 0.3 is 0 Å². The maximum absolute atomic E-state index is 3.85.